The highest BCUT2D eigenvalue weighted by Gasteiger charge is 2.21. The van der Waals surface area contributed by atoms with Gasteiger partial charge in [0.25, 0.3) is 5.91 Å². The fourth-order valence-electron chi connectivity index (χ4n) is 3.51. The van der Waals surface area contributed by atoms with Gasteiger partial charge in [-0.25, -0.2) is 9.78 Å². The van der Waals surface area contributed by atoms with E-state index in [1.807, 2.05) is 37.3 Å². The maximum Gasteiger partial charge on any atom is 0.340 e. The van der Waals surface area contributed by atoms with Gasteiger partial charge >= 0.3 is 5.97 Å². The topological polar surface area (TPSA) is 99.9 Å². The summed E-state index contributed by atoms with van der Waals surface area (Å²) < 4.78 is 21.2. The van der Waals surface area contributed by atoms with Crippen LogP contribution in [0.25, 0.3) is 22.4 Å². The lowest BCUT2D eigenvalue weighted by molar-refractivity contribution is 0.0601. The van der Waals surface area contributed by atoms with E-state index in [9.17, 15) is 9.59 Å². The summed E-state index contributed by atoms with van der Waals surface area (Å²) in [5, 5.41) is 3.47. The Labute approximate surface area is 190 Å². The van der Waals surface area contributed by atoms with Gasteiger partial charge in [0.1, 0.15) is 11.5 Å². The molecule has 168 valence electrons. The van der Waals surface area contributed by atoms with E-state index in [0.29, 0.717) is 39.4 Å². The van der Waals surface area contributed by atoms with Gasteiger partial charge in [0.15, 0.2) is 17.3 Å². The normalized spacial score (nSPS) is 10.7. The lowest BCUT2D eigenvalue weighted by Crippen LogP contribution is -2.16. The maximum atomic E-state index is 13.4. The van der Waals surface area contributed by atoms with E-state index in [1.54, 1.807) is 12.1 Å². The van der Waals surface area contributed by atoms with E-state index in [2.05, 4.69) is 10.3 Å². The molecule has 0 aliphatic heterocycles. The van der Waals surface area contributed by atoms with Crippen LogP contribution in [-0.2, 0) is 4.74 Å². The molecule has 0 radical (unpaired) electrons. The number of methoxy groups -OCH3 is 3. The quantitative estimate of drug-likeness (QED) is 0.422. The minimum atomic E-state index is -0.627. The van der Waals surface area contributed by atoms with Crippen molar-refractivity contribution in [2.45, 2.75) is 6.92 Å². The molecule has 8 heteroatoms. The molecule has 1 amide bonds. The number of furan rings is 1. The Hall–Kier alpha value is -4.33. The summed E-state index contributed by atoms with van der Waals surface area (Å²) in [4.78, 5) is 30.5. The summed E-state index contributed by atoms with van der Waals surface area (Å²) in [6, 6.07) is 15.6. The Morgan fingerprint density at radius 2 is 1.64 bits per heavy atom. The third-order valence-corrected chi connectivity index (χ3v) is 5.13. The number of anilines is 1. The van der Waals surface area contributed by atoms with E-state index in [0.717, 1.165) is 5.76 Å². The maximum absolute atomic E-state index is 13.4. The highest BCUT2D eigenvalue weighted by Crippen LogP contribution is 2.34. The van der Waals surface area contributed by atoms with Crippen LogP contribution >= 0.6 is 0 Å². The van der Waals surface area contributed by atoms with Crippen LogP contribution in [0, 0.1) is 6.92 Å². The number of amides is 1. The molecular weight excluding hydrogens is 424 g/mol. The number of para-hydroxylation sites is 1. The lowest BCUT2D eigenvalue weighted by atomic mass is 10.1. The number of aryl methyl sites for hydroxylation is 1. The average molecular weight is 446 g/mol. The molecule has 2 heterocycles. The molecule has 0 aliphatic rings. The van der Waals surface area contributed by atoms with E-state index in [-0.39, 0.29) is 11.3 Å². The van der Waals surface area contributed by atoms with Crippen molar-refractivity contribution in [1.29, 1.82) is 0 Å². The second-order valence-electron chi connectivity index (χ2n) is 7.18. The minimum Gasteiger partial charge on any atom is -0.493 e. The third-order valence-electron chi connectivity index (χ3n) is 5.13. The van der Waals surface area contributed by atoms with Gasteiger partial charge in [-0.3, -0.25) is 4.79 Å². The number of esters is 1. The molecule has 1 N–H and O–H groups in total. The van der Waals surface area contributed by atoms with Gasteiger partial charge in [-0.2, -0.15) is 0 Å². The molecule has 2 aromatic carbocycles. The molecule has 0 fully saturated rings. The standard InChI is InChI=1S/C25H22N2O6/c1-14-9-10-21(33-14)20-11-16(15-7-5-6-8-18(15)26-20)24(28)27-19-13-23(31-3)22(30-2)12-17(19)25(29)32-4/h5-13H,1-4H3,(H,27,28). The lowest BCUT2D eigenvalue weighted by Gasteiger charge is -2.15. The SMILES string of the molecule is COC(=O)c1cc(OC)c(OC)cc1NC(=O)c1cc(-c2ccc(C)o2)nc2ccccc12. The second kappa shape index (κ2) is 9.04. The number of nitrogens with zero attached hydrogens (tertiary/aromatic N) is 1. The van der Waals surface area contributed by atoms with Gasteiger partial charge < -0.3 is 23.9 Å². The fraction of sp³-hybridized carbons (Fsp3) is 0.160. The predicted octanol–water partition coefficient (Wildman–Crippen LogP) is 4.86. The molecule has 0 saturated heterocycles. The van der Waals surface area contributed by atoms with Crippen molar-refractivity contribution in [2.24, 2.45) is 0 Å². The van der Waals surface area contributed by atoms with E-state index in [4.69, 9.17) is 18.6 Å². The highest BCUT2D eigenvalue weighted by atomic mass is 16.5. The van der Waals surface area contributed by atoms with E-state index in [1.165, 1.54) is 33.5 Å². The van der Waals surface area contributed by atoms with E-state index < -0.39 is 11.9 Å². The summed E-state index contributed by atoms with van der Waals surface area (Å²) in [7, 11) is 4.19. The number of nitrogens with one attached hydrogen (secondary N) is 1. The first-order valence-electron chi connectivity index (χ1n) is 10.1. The smallest absolute Gasteiger partial charge is 0.340 e. The minimum absolute atomic E-state index is 0.128. The summed E-state index contributed by atoms with van der Waals surface area (Å²) in [5.74, 6) is 0.910. The Morgan fingerprint density at radius 3 is 2.30 bits per heavy atom. The molecule has 8 nitrogen and oxygen atoms in total. The molecule has 0 aliphatic carbocycles. The number of ether oxygens (including phenoxy) is 3. The average Bonchev–Trinajstić information content (AvgIpc) is 3.28. The molecule has 4 aromatic rings. The molecule has 0 saturated carbocycles. The van der Waals surface area contributed by atoms with Crippen LogP contribution in [0.1, 0.15) is 26.5 Å². The molecule has 0 spiro atoms. The zero-order valence-electron chi connectivity index (χ0n) is 18.6. The third kappa shape index (κ3) is 4.23. The van der Waals surface area contributed by atoms with Gasteiger partial charge in [-0.05, 0) is 31.2 Å². The molecule has 0 unspecified atom stereocenters. The Morgan fingerprint density at radius 1 is 0.909 bits per heavy atom. The van der Waals surface area contributed by atoms with Crippen LogP contribution < -0.4 is 14.8 Å². The number of rotatable bonds is 6. The first kappa shape index (κ1) is 21.9. The van der Waals surface area contributed by atoms with Crippen LogP contribution in [0.15, 0.2) is 59.0 Å². The molecule has 0 atom stereocenters. The number of aromatic nitrogens is 1. The number of fused-ring (bicyclic) bond motifs is 1. The van der Waals surface area contributed by atoms with Crippen molar-refractivity contribution in [3.63, 3.8) is 0 Å². The predicted molar refractivity (Wildman–Crippen MR) is 123 cm³/mol. The molecule has 2 aromatic heterocycles. The van der Waals surface area contributed by atoms with E-state index >= 15 is 0 Å². The zero-order chi connectivity index (χ0) is 23.5. The van der Waals surface area contributed by atoms with Gasteiger partial charge in [-0.1, -0.05) is 18.2 Å². The van der Waals surface area contributed by atoms with Crippen molar-refractivity contribution in [2.75, 3.05) is 26.6 Å². The van der Waals surface area contributed by atoms with Gasteiger partial charge in [0.05, 0.1) is 43.7 Å². The highest BCUT2D eigenvalue weighted by molar-refractivity contribution is 6.14. The van der Waals surface area contributed by atoms with Crippen molar-refractivity contribution >= 4 is 28.5 Å². The summed E-state index contributed by atoms with van der Waals surface area (Å²) >= 11 is 0. The Kier molecular flexibility index (Phi) is 5.99. The Balaban J connectivity index is 1.82. The molecule has 33 heavy (non-hydrogen) atoms. The number of carbonyl (C=O) groups excluding carboxylic acids is 2. The van der Waals surface area contributed by atoms with Crippen LogP contribution in [0.4, 0.5) is 5.69 Å². The number of carbonyl (C=O) groups is 2. The molecule has 0 bridgehead atoms. The monoisotopic (exact) mass is 446 g/mol. The van der Waals surface area contributed by atoms with Crippen LogP contribution in [0.5, 0.6) is 11.5 Å². The van der Waals surface area contributed by atoms with Crippen LogP contribution in [0.2, 0.25) is 0 Å². The van der Waals surface area contributed by atoms with Gasteiger partial charge in [0, 0.05) is 17.5 Å². The molecular formula is C25H22N2O6. The first-order valence-corrected chi connectivity index (χ1v) is 10.1. The van der Waals surface area contributed by atoms with Crippen molar-refractivity contribution < 1.29 is 28.2 Å². The van der Waals surface area contributed by atoms with Crippen molar-refractivity contribution in [1.82, 2.24) is 4.98 Å². The first-order chi connectivity index (χ1) is 15.9. The van der Waals surface area contributed by atoms with Gasteiger partial charge in [0.2, 0.25) is 0 Å². The fourth-order valence-corrected chi connectivity index (χ4v) is 3.51. The molecule has 4 rings (SSSR count). The number of pyridine rings is 1. The van der Waals surface area contributed by atoms with Crippen LogP contribution in [-0.4, -0.2) is 38.2 Å². The summed E-state index contributed by atoms with van der Waals surface area (Å²) in [6.07, 6.45) is 0. The van der Waals surface area contributed by atoms with Crippen molar-refractivity contribution in [3.8, 4) is 23.0 Å². The largest absolute Gasteiger partial charge is 0.493 e. The number of hydrogen-bond donors (Lipinski definition) is 1. The van der Waals surface area contributed by atoms with Crippen LogP contribution in [0.3, 0.4) is 0 Å². The zero-order valence-corrected chi connectivity index (χ0v) is 18.6. The number of benzene rings is 2. The number of hydrogen-bond acceptors (Lipinski definition) is 7. The Bertz CT molecular complexity index is 1360. The van der Waals surface area contributed by atoms with Gasteiger partial charge in [-0.15, -0.1) is 0 Å². The summed E-state index contributed by atoms with van der Waals surface area (Å²) in [5.41, 5.74) is 1.88. The summed E-state index contributed by atoms with van der Waals surface area (Å²) in [6.45, 7) is 1.84. The van der Waals surface area contributed by atoms with Crippen molar-refractivity contribution in [3.05, 3.63) is 71.5 Å². The second-order valence-corrected chi connectivity index (χ2v) is 7.18.